The molecule has 0 aromatic heterocycles. The number of carbonyl (C=O) groups excluding carboxylic acids is 1. The molecule has 0 aromatic carbocycles. The highest BCUT2D eigenvalue weighted by atomic mass is 16.4. The van der Waals surface area contributed by atoms with Gasteiger partial charge in [-0.15, -0.1) is 0 Å². The van der Waals surface area contributed by atoms with Gasteiger partial charge in [0.15, 0.2) is 0 Å². The first kappa shape index (κ1) is 14.3. The minimum atomic E-state index is -0.739. The smallest absolute Gasteiger partial charge is 0.307 e. The van der Waals surface area contributed by atoms with Crippen molar-refractivity contribution in [1.29, 1.82) is 0 Å². The van der Waals surface area contributed by atoms with Gasteiger partial charge in [0.1, 0.15) is 0 Å². The maximum Gasteiger partial charge on any atom is 0.307 e. The van der Waals surface area contributed by atoms with Crippen LogP contribution in [-0.2, 0) is 9.59 Å². The standard InChI is InChI=1S/C13H23N3O3/c1-14-5-7-16(8-6-14)12(17)10-15-4-2-3-11(9-15)13(18)19/h11H,2-10H2,1H3,(H,18,19). The van der Waals surface area contributed by atoms with Gasteiger partial charge in [0.2, 0.25) is 5.91 Å². The second-order valence-corrected chi connectivity index (χ2v) is 5.60. The first-order valence-corrected chi connectivity index (χ1v) is 6.97. The van der Waals surface area contributed by atoms with Gasteiger partial charge in [-0.2, -0.15) is 0 Å². The van der Waals surface area contributed by atoms with E-state index in [1.54, 1.807) is 0 Å². The molecule has 19 heavy (non-hydrogen) atoms. The van der Waals surface area contributed by atoms with Gasteiger partial charge in [-0.1, -0.05) is 0 Å². The highest BCUT2D eigenvalue weighted by Crippen LogP contribution is 2.16. The van der Waals surface area contributed by atoms with Gasteiger partial charge in [-0.3, -0.25) is 14.5 Å². The van der Waals surface area contributed by atoms with Crippen LogP contribution in [0.4, 0.5) is 0 Å². The van der Waals surface area contributed by atoms with E-state index in [1.165, 1.54) is 0 Å². The molecule has 108 valence electrons. The van der Waals surface area contributed by atoms with Gasteiger partial charge >= 0.3 is 5.97 Å². The van der Waals surface area contributed by atoms with Gasteiger partial charge in [0.25, 0.3) is 0 Å². The van der Waals surface area contributed by atoms with Crippen molar-refractivity contribution in [2.75, 3.05) is 52.9 Å². The maximum atomic E-state index is 12.2. The van der Waals surface area contributed by atoms with Crippen molar-refractivity contribution in [3.05, 3.63) is 0 Å². The Hall–Kier alpha value is -1.14. The molecule has 6 heteroatoms. The largest absolute Gasteiger partial charge is 0.481 e. The van der Waals surface area contributed by atoms with Crippen LogP contribution in [0.3, 0.4) is 0 Å². The molecule has 2 saturated heterocycles. The summed E-state index contributed by atoms with van der Waals surface area (Å²) in [6.45, 7) is 5.12. The molecule has 0 spiro atoms. The molecule has 0 aromatic rings. The summed E-state index contributed by atoms with van der Waals surface area (Å²) >= 11 is 0. The highest BCUT2D eigenvalue weighted by molar-refractivity contribution is 5.78. The normalized spacial score (nSPS) is 26.4. The molecule has 1 amide bonds. The zero-order valence-electron chi connectivity index (χ0n) is 11.5. The van der Waals surface area contributed by atoms with Crippen LogP contribution >= 0.6 is 0 Å². The summed E-state index contributed by atoms with van der Waals surface area (Å²) < 4.78 is 0. The summed E-state index contributed by atoms with van der Waals surface area (Å²) in [5.41, 5.74) is 0. The molecule has 0 aliphatic carbocycles. The Bertz CT molecular complexity index is 340. The van der Waals surface area contributed by atoms with E-state index in [1.807, 2.05) is 9.80 Å². The van der Waals surface area contributed by atoms with E-state index < -0.39 is 5.97 Å². The lowest BCUT2D eigenvalue weighted by atomic mass is 9.98. The predicted molar refractivity (Wildman–Crippen MR) is 70.9 cm³/mol. The van der Waals surface area contributed by atoms with Gasteiger partial charge in [0.05, 0.1) is 12.5 Å². The zero-order valence-corrected chi connectivity index (χ0v) is 11.5. The Morgan fingerprint density at radius 2 is 1.84 bits per heavy atom. The van der Waals surface area contributed by atoms with Crippen molar-refractivity contribution < 1.29 is 14.7 Å². The fourth-order valence-electron chi connectivity index (χ4n) is 2.75. The number of piperazine rings is 1. The predicted octanol–water partition coefficient (Wildman–Crippen LogP) is -0.443. The van der Waals surface area contributed by atoms with Crippen molar-refractivity contribution in [3.8, 4) is 0 Å². The molecule has 2 fully saturated rings. The van der Waals surface area contributed by atoms with Crippen LogP contribution in [0.5, 0.6) is 0 Å². The molecule has 2 aliphatic rings. The molecule has 0 bridgehead atoms. The lowest BCUT2D eigenvalue weighted by Crippen LogP contribution is -2.51. The van der Waals surface area contributed by atoms with E-state index in [2.05, 4.69) is 11.9 Å². The van der Waals surface area contributed by atoms with Crippen LogP contribution < -0.4 is 0 Å². The zero-order chi connectivity index (χ0) is 13.8. The maximum absolute atomic E-state index is 12.2. The molecule has 2 rings (SSSR count). The topological polar surface area (TPSA) is 64.1 Å². The number of carboxylic acids is 1. The SMILES string of the molecule is CN1CCN(C(=O)CN2CCCC(C(=O)O)C2)CC1. The Morgan fingerprint density at radius 3 is 2.47 bits per heavy atom. The fraction of sp³-hybridized carbons (Fsp3) is 0.846. The van der Waals surface area contributed by atoms with Crippen LogP contribution in [0.25, 0.3) is 0 Å². The summed E-state index contributed by atoms with van der Waals surface area (Å²) in [5.74, 6) is -0.912. The number of amides is 1. The number of hydrogen-bond donors (Lipinski definition) is 1. The molecular formula is C13H23N3O3. The van der Waals surface area contributed by atoms with Gasteiger partial charge in [-0.05, 0) is 26.4 Å². The summed E-state index contributed by atoms with van der Waals surface area (Å²) in [6.07, 6.45) is 1.60. The number of likely N-dealkylation sites (tertiary alicyclic amines) is 1. The monoisotopic (exact) mass is 269 g/mol. The Kier molecular flexibility index (Phi) is 4.76. The fourth-order valence-corrected chi connectivity index (χ4v) is 2.75. The quantitative estimate of drug-likeness (QED) is 0.752. The van der Waals surface area contributed by atoms with Crippen molar-refractivity contribution in [3.63, 3.8) is 0 Å². The molecule has 1 atom stereocenters. The number of aliphatic carboxylic acids is 1. The number of carboxylic acid groups (broad SMARTS) is 1. The lowest BCUT2D eigenvalue weighted by Gasteiger charge is -2.35. The van der Waals surface area contributed by atoms with Crippen molar-refractivity contribution in [2.45, 2.75) is 12.8 Å². The summed E-state index contributed by atoms with van der Waals surface area (Å²) in [4.78, 5) is 29.3. The molecule has 0 saturated carbocycles. The average molecular weight is 269 g/mol. The minimum absolute atomic E-state index is 0.138. The van der Waals surface area contributed by atoms with E-state index in [0.29, 0.717) is 13.1 Å². The lowest BCUT2D eigenvalue weighted by molar-refractivity contribution is -0.145. The van der Waals surface area contributed by atoms with Crippen LogP contribution in [0, 0.1) is 5.92 Å². The van der Waals surface area contributed by atoms with E-state index in [-0.39, 0.29) is 11.8 Å². The third-order valence-electron chi connectivity index (χ3n) is 4.07. The number of nitrogens with zero attached hydrogens (tertiary/aromatic N) is 3. The third kappa shape index (κ3) is 3.91. The van der Waals surface area contributed by atoms with Crippen LogP contribution in [0.1, 0.15) is 12.8 Å². The Morgan fingerprint density at radius 1 is 1.16 bits per heavy atom. The molecule has 6 nitrogen and oxygen atoms in total. The van der Waals surface area contributed by atoms with Crippen LogP contribution in [0.2, 0.25) is 0 Å². The molecular weight excluding hydrogens is 246 g/mol. The number of likely N-dealkylation sites (N-methyl/N-ethyl adjacent to an activating group) is 1. The number of carbonyl (C=O) groups is 2. The van der Waals surface area contributed by atoms with Gasteiger partial charge < -0.3 is 14.9 Å². The molecule has 2 aliphatic heterocycles. The molecule has 1 unspecified atom stereocenters. The molecule has 2 heterocycles. The van der Waals surface area contributed by atoms with Gasteiger partial charge in [-0.25, -0.2) is 0 Å². The van der Waals surface area contributed by atoms with E-state index in [0.717, 1.165) is 45.6 Å². The number of hydrogen-bond acceptors (Lipinski definition) is 4. The number of piperidine rings is 1. The average Bonchev–Trinajstić information content (AvgIpc) is 2.39. The van der Waals surface area contributed by atoms with Crippen molar-refractivity contribution in [1.82, 2.24) is 14.7 Å². The van der Waals surface area contributed by atoms with Crippen molar-refractivity contribution >= 4 is 11.9 Å². The van der Waals surface area contributed by atoms with Crippen LogP contribution in [-0.4, -0.2) is 84.5 Å². The Labute approximate surface area is 114 Å². The Balaban J connectivity index is 1.80. The first-order valence-electron chi connectivity index (χ1n) is 6.97. The molecule has 0 radical (unpaired) electrons. The summed E-state index contributed by atoms with van der Waals surface area (Å²) in [5, 5.41) is 9.04. The van der Waals surface area contributed by atoms with E-state index in [4.69, 9.17) is 5.11 Å². The first-order chi connectivity index (χ1) is 9.06. The van der Waals surface area contributed by atoms with Crippen molar-refractivity contribution in [2.24, 2.45) is 5.92 Å². The summed E-state index contributed by atoms with van der Waals surface area (Å²) in [6, 6.07) is 0. The second kappa shape index (κ2) is 6.34. The third-order valence-corrected chi connectivity index (χ3v) is 4.07. The van der Waals surface area contributed by atoms with E-state index in [9.17, 15) is 9.59 Å². The summed E-state index contributed by atoms with van der Waals surface area (Å²) in [7, 11) is 2.06. The molecule has 1 N–H and O–H groups in total. The highest BCUT2D eigenvalue weighted by Gasteiger charge is 2.28. The van der Waals surface area contributed by atoms with E-state index >= 15 is 0 Å². The number of rotatable bonds is 3. The minimum Gasteiger partial charge on any atom is -0.481 e. The van der Waals surface area contributed by atoms with Gasteiger partial charge in [0, 0.05) is 32.7 Å². The second-order valence-electron chi connectivity index (χ2n) is 5.60. The van der Waals surface area contributed by atoms with Crippen LogP contribution in [0.15, 0.2) is 0 Å².